The first kappa shape index (κ1) is 17.5. The van der Waals surface area contributed by atoms with Gasteiger partial charge in [0, 0.05) is 23.3 Å². The van der Waals surface area contributed by atoms with Crippen LogP contribution < -0.4 is 16.2 Å². The summed E-state index contributed by atoms with van der Waals surface area (Å²) in [4.78, 5) is 15.5. The van der Waals surface area contributed by atoms with Crippen molar-refractivity contribution in [3.63, 3.8) is 0 Å². The molecule has 26 heavy (non-hydrogen) atoms. The van der Waals surface area contributed by atoms with Crippen molar-refractivity contribution in [2.24, 2.45) is 16.5 Å². The first-order valence-electron chi connectivity index (χ1n) is 7.58. The van der Waals surface area contributed by atoms with Gasteiger partial charge in [-0.25, -0.2) is 13.2 Å². The van der Waals surface area contributed by atoms with Crippen LogP contribution in [0.25, 0.3) is 5.57 Å². The second-order valence-corrected chi connectivity index (χ2v) is 5.70. The molecule has 0 unspecified atom stereocenters. The zero-order chi connectivity index (χ0) is 19.0. The molecule has 2 aromatic rings. The molecule has 0 aliphatic carbocycles. The van der Waals surface area contributed by atoms with Crippen LogP contribution in [-0.2, 0) is 0 Å². The van der Waals surface area contributed by atoms with Gasteiger partial charge in [-0.1, -0.05) is 0 Å². The molecule has 0 radical (unpaired) electrons. The van der Waals surface area contributed by atoms with Gasteiger partial charge < -0.3 is 16.2 Å². The Bertz CT molecular complexity index is 943. The molecule has 8 heteroatoms. The molecule has 0 saturated heterocycles. The van der Waals surface area contributed by atoms with Crippen molar-refractivity contribution < 1.29 is 22.7 Å². The van der Waals surface area contributed by atoms with Gasteiger partial charge in [-0.2, -0.15) is 4.99 Å². The highest BCUT2D eigenvalue weighted by atomic mass is 19.1. The topological polar surface area (TPSA) is 90.7 Å². The number of nitrogens with zero attached hydrogens (tertiary/aromatic N) is 1. The number of amides is 1. The lowest BCUT2D eigenvalue weighted by molar-refractivity contribution is 0.100. The second-order valence-electron chi connectivity index (χ2n) is 5.70. The van der Waals surface area contributed by atoms with E-state index in [0.29, 0.717) is 17.9 Å². The number of fused-ring (bicyclic) bond motifs is 1. The van der Waals surface area contributed by atoms with Crippen molar-refractivity contribution in [3.05, 3.63) is 70.5 Å². The summed E-state index contributed by atoms with van der Waals surface area (Å²) in [6.07, 6.45) is 0.997. The number of guanidine groups is 1. The molecular weight excluding hydrogens is 347 g/mol. The fraction of sp³-hybridized carbons (Fsp3) is 0.111. The number of carbonyl (C=O) groups is 1. The van der Waals surface area contributed by atoms with Gasteiger partial charge in [0.25, 0.3) is 5.91 Å². The number of ether oxygens (including phenoxy) is 1. The van der Waals surface area contributed by atoms with E-state index in [4.69, 9.17) is 16.2 Å². The van der Waals surface area contributed by atoms with Crippen molar-refractivity contribution >= 4 is 17.4 Å². The maximum Gasteiger partial charge on any atom is 0.280 e. The molecule has 0 spiro atoms. The Balaban J connectivity index is 2.18. The molecule has 0 saturated carbocycles. The van der Waals surface area contributed by atoms with Crippen molar-refractivity contribution in [2.75, 3.05) is 0 Å². The zero-order valence-corrected chi connectivity index (χ0v) is 13.6. The Hall–Kier alpha value is -3.29. The van der Waals surface area contributed by atoms with E-state index in [1.165, 1.54) is 24.3 Å². The molecule has 3 rings (SSSR count). The Morgan fingerprint density at radius 2 is 1.77 bits per heavy atom. The highest BCUT2D eigenvalue weighted by Crippen LogP contribution is 2.38. The summed E-state index contributed by atoms with van der Waals surface area (Å²) in [5.41, 5.74) is 10.5. The molecule has 1 aliphatic heterocycles. The summed E-state index contributed by atoms with van der Waals surface area (Å²) in [6, 6.07) is 5.46. The van der Waals surface area contributed by atoms with E-state index in [1.807, 2.05) is 0 Å². The lowest BCUT2D eigenvalue weighted by atomic mass is 9.91. The first-order valence-corrected chi connectivity index (χ1v) is 7.58. The molecule has 1 atom stereocenters. The van der Waals surface area contributed by atoms with Crippen LogP contribution in [0.5, 0.6) is 5.75 Å². The average molecular weight is 361 g/mol. The maximum absolute atomic E-state index is 14.3. The highest BCUT2D eigenvalue weighted by molar-refractivity contribution is 6.03. The van der Waals surface area contributed by atoms with Gasteiger partial charge in [-0.3, -0.25) is 4.79 Å². The number of aliphatic imine (C=N–C) groups is 1. The molecular formula is C18H14F3N3O2. The van der Waals surface area contributed by atoms with Crippen LogP contribution in [-0.4, -0.2) is 18.0 Å². The Morgan fingerprint density at radius 3 is 2.38 bits per heavy atom. The maximum atomic E-state index is 14.3. The normalized spacial score (nSPS) is 15.5. The molecule has 1 aliphatic rings. The standard InChI is InChI=1S/C18H14F3N3O2/c1-8-4-12(16-13(20)6-10(19)7-14(16)21)11-5-9(2-3-15(11)26-8)17(25)24-18(22)23/h2-8H,1H3,(H4,22,23,24,25)/t8-/m1/s1. The molecule has 0 bridgehead atoms. The molecule has 1 amide bonds. The van der Waals surface area contributed by atoms with Crippen molar-refractivity contribution in [1.29, 1.82) is 0 Å². The fourth-order valence-electron chi connectivity index (χ4n) is 2.73. The Kier molecular flexibility index (Phi) is 4.41. The summed E-state index contributed by atoms with van der Waals surface area (Å²) in [5.74, 6) is -3.96. The van der Waals surface area contributed by atoms with Crippen molar-refractivity contribution in [2.45, 2.75) is 13.0 Å². The van der Waals surface area contributed by atoms with Gasteiger partial charge in [0.1, 0.15) is 29.3 Å². The van der Waals surface area contributed by atoms with Gasteiger partial charge in [-0.15, -0.1) is 0 Å². The summed E-state index contributed by atoms with van der Waals surface area (Å²) in [6.45, 7) is 1.68. The third-order valence-corrected chi connectivity index (χ3v) is 3.74. The van der Waals surface area contributed by atoms with Crippen LogP contribution in [0.3, 0.4) is 0 Å². The lowest BCUT2D eigenvalue weighted by Gasteiger charge is -2.24. The molecule has 5 nitrogen and oxygen atoms in total. The number of rotatable bonds is 2. The summed E-state index contributed by atoms with van der Waals surface area (Å²) < 4.78 is 47.4. The van der Waals surface area contributed by atoms with E-state index in [1.54, 1.807) is 6.92 Å². The van der Waals surface area contributed by atoms with Crippen molar-refractivity contribution in [3.8, 4) is 5.75 Å². The van der Waals surface area contributed by atoms with Gasteiger partial charge in [0.15, 0.2) is 5.96 Å². The van der Waals surface area contributed by atoms with E-state index in [-0.39, 0.29) is 16.7 Å². The van der Waals surface area contributed by atoms with Gasteiger partial charge >= 0.3 is 0 Å². The van der Waals surface area contributed by atoms with E-state index < -0.39 is 41.0 Å². The molecule has 134 valence electrons. The predicted molar refractivity (Wildman–Crippen MR) is 90.1 cm³/mol. The van der Waals surface area contributed by atoms with E-state index >= 15 is 0 Å². The Morgan fingerprint density at radius 1 is 1.12 bits per heavy atom. The molecule has 1 heterocycles. The number of hydrogen-bond acceptors (Lipinski definition) is 2. The van der Waals surface area contributed by atoms with Crippen LogP contribution in [0.15, 0.2) is 41.4 Å². The number of carbonyl (C=O) groups excluding carboxylic acids is 1. The van der Waals surface area contributed by atoms with Crippen molar-refractivity contribution in [1.82, 2.24) is 0 Å². The minimum Gasteiger partial charge on any atom is -0.486 e. The van der Waals surface area contributed by atoms with Gasteiger partial charge in [0.05, 0.1) is 5.56 Å². The van der Waals surface area contributed by atoms with Gasteiger partial charge in [-0.05, 0) is 36.8 Å². The van der Waals surface area contributed by atoms with Crippen LogP contribution in [0, 0.1) is 17.5 Å². The molecule has 2 aromatic carbocycles. The van der Waals surface area contributed by atoms with E-state index in [0.717, 1.165) is 0 Å². The largest absolute Gasteiger partial charge is 0.486 e. The van der Waals surface area contributed by atoms with Crippen LogP contribution in [0.4, 0.5) is 13.2 Å². The first-order chi connectivity index (χ1) is 12.3. The smallest absolute Gasteiger partial charge is 0.280 e. The second kappa shape index (κ2) is 6.55. The average Bonchev–Trinajstić information content (AvgIpc) is 2.52. The number of benzene rings is 2. The van der Waals surface area contributed by atoms with E-state index in [9.17, 15) is 18.0 Å². The number of nitrogens with two attached hydrogens (primary N) is 2. The zero-order valence-electron chi connectivity index (χ0n) is 13.6. The third kappa shape index (κ3) is 3.26. The van der Waals surface area contributed by atoms with Crippen LogP contribution in [0.2, 0.25) is 0 Å². The minimum absolute atomic E-state index is 0.101. The third-order valence-electron chi connectivity index (χ3n) is 3.74. The fourth-order valence-corrected chi connectivity index (χ4v) is 2.73. The number of halogens is 3. The number of hydrogen-bond donors (Lipinski definition) is 2. The van der Waals surface area contributed by atoms with Crippen LogP contribution >= 0.6 is 0 Å². The van der Waals surface area contributed by atoms with Crippen LogP contribution in [0.1, 0.15) is 28.4 Å². The van der Waals surface area contributed by atoms with E-state index in [2.05, 4.69) is 4.99 Å². The monoisotopic (exact) mass is 361 g/mol. The summed E-state index contributed by atoms with van der Waals surface area (Å²) in [7, 11) is 0. The Labute approximate surface area is 146 Å². The van der Waals surface area contributed by atoms with Gasteiger partial charge in [0.2, 0.25) is 0 Å². The summed E-state index contributed by atoms with van der Waals surface area (Å²) in [5, 5.41) is 0. The molecule has 0 fully saturated rings. The predicted octanol–water partition coefficient (Wildman–Crippen LogP) is 2.73. The SMILES string of the molecule is C[C@@H]1C=C(c2c(F)cc(F)cc2F)c2cc(C(=O)N=C(N)N)ccc2O1. The highest BCUT2D eigenvalue weighted by Gasteiger charge is 2.25. The quantitative estimate of drug-likeness (QED) is 0.636. The molecule has 4 N–H and O–H groups in total. The summed E-state index contributed by atoms with van der Waals surface area (Å²) >= 11 is 0. The minimum atomic E-state index is -1.06. The lowest BCUT2D eigenvalue weighted by Crippen LogP contribution is -2.24. The molecule has 0 aromatic heterocycles.